The molecule has 0 bridgehead atoms. The summed E-state index contributed by atoms with van der Waals surface area (Å²) in [4.78, 5) is 54.5. The van der Waals surface area contributed by atoms with Crippen molar-refractivity contribution in [3.05, 3.63) is 208 Å². The lowest BCUT2D eigenvalue weighted by Gasteiger charge is -2.32. The van der Waals surface area contributed by atoms with E-state index in [2.05, 4.69) is 133 Å². The first-order valence-electron chi connectivity index (χ1n) is 32.0. The lowest BCUT2D eigenvalue weighted by Crippen LogP contribution is -2.44. The van der Waals surface area contributed by atoms with Crippen molar-refractivity contribution in [1.29, 1.82) is 0 Å². The fourth-order valence-corrected chi connectivity index (χ4v) is 12.8. The molecule has 2 aliphatic heterocycles. The molecule has 4 N–H and O–H groups in total. The van der Waals surface area contributed by atoms with Gasteiger partial charge in [-0.3, -0.25) is 9.59 Å². The van der Waals surface area contributed by atoms with Crippen LogP contribution >= 0.6 is 11.6 Å². The van der Waals surface area contributed by atoms with E-state index in [4.69, 9.17) is 31.3 Å². The highest BCUT2D eigenvalue weighted by molar-refractivity contribution is 6.30. The van der Waals surface area contributed by atoms with Gasteiger partial charge >= 0.3 is 0 Å². The smallest absolute Gasteiger partial charge is 0.224 e. The number of benzene rings is 6. The lowest BCUT2D eigenvalue weighted by molar-refractivity contribution is -0.117. The van der Waals surface area contributed by atoms with Crippen molar-refractivity contribution < 1.29 is 14.3 Å². The molecule has 2 aromatic heterocycles. The largest absolute Gasteiger partial charge is 0.494 e. The van der Waals surface area contributed by atoms with Gasteiger partial charge in [-0.1, -0.05) is 115 Å². The number of halogens is 1. The average molecular weight is 1210 g/mol. The zero-order valence-electron chi connectivity index (χ0n) is 51.9. The molecule has 12 rings (SSSR count). The molecule has 0 radical (unpaired) electrons. The Hall–Kier alpha value is -8.05. The standard InChI is InChI=1S/C37H44N6O2.C36H41ClN6O/c1-3-45-34-12-7-4-9-28(34)15-18-35(44)40-30-16-13-27(14-17-30)33-25-29-26-39-37(41-36(29)32-11-6-5-10-31(32)33)38-19-8-20-43-23-21-42(2)22-24-43;1-42-19-21-43(22-20-42)18-6-17-38-36-39-25-28-24-33(31-10-2-3-11-32(31)35(28)41-36)27-13-15-30(16-14-27)40-34(44)12-5-8-26-7-4-9-29(37)23-26/h4-7,9-14,16-17,26,33H,3,8,15,18-25H2,1-2H3,(H,40,44)(H,38,39,41);2-4,7,9-11,13-16,23,25,33H,5-6,8,12,17-22,24H2,1H3,(H,40,44)(H,38,39,41). The number of amides is 2. The second kappa shape index (κ2) is 30.9. The van der Waals surface area contributed by atoms with Crippen molar-refractivity contribution in [2.45, 2.75) is 76.5 Å². The van der Waals surface area contributed by atoms with Crippen molar-refractivity contribution in [1.82, 2.24) is 39.5 Å². The minimum atomic E-state index is -0.00752. The zero-order chi connectivity index (χ0) is 61.3. The predicted molar refractivity (Wildman–Crippen MR) is 361 cm³/mol. The van der Waals surface area contributed by atoms with Gasteiger partial charge in [0, 0.05) is 130 Å². The van der Waals surface area contributed by atoms with Crippen molar-refractivity contribution in [3.63, 3.8) is 0 Å². The first-order valence-corrected chi connectivity index (χ1v) is 32.4. The molecule has 16 heteroatoms. The van der Waals surface area contributed by atoms with Crippen LogP contribution in [0.5, 0.6) is 5.75 Å². The summed E-state index contributed by atoms with van der Waals surface area (Å²) < 4.78 is 5.71. The molecule has 0 saturated carbocycles. The summed E-state index contributed by atoms with van der Waals surface area (Å²) in [5, 5.41) is 13.8. The van der Waals surface area contributed by atoms with Gasteiger partial charge in [-0.2, -0.15) is 0 Å². The van der Waals surface area contributed by atoms with E-state index in [1.165, 1.54) is 27.8 Å². The van der Waals surface area contributed by atoms with Crippen LogP contribution in [0.1, 0.15) is 95.4 Å². The molecular formula is C73H85ClN12O3. The van der Waals surface area contributed by atoms with E-state index < -0.39 is 0 Å². The number of piperazine rings is 2. The van der Waals surface area contributed by atoms with Gasteiger partial charge in [0.15, 0.2) is 0 Å². The van der Waals surface area contributed by atoms with Gasteiger partial charge in [0.1, 0.15) is 5.75 Å². The van der Waals surface area contributed by atoms with Gasteiger partial charge in [0.2, 0.25) is 23.7 Å². The minimum absolute atomic E-state index is 0.00752. The summed E-state index contributed by atoms with van der Waals surface area (Å²) in [5.74, 6) is 2.65. The molecule has 4 aliphatic rings. The highest BCUT2D eigenvalue weighted by Crippen LogP contribution is 2.44. The molecule has 0 spiro atoms. The van der Waals surface area contributed by atoms with Crippen LogP contribution in [0.2, 0.25) is 5.02 Å². The Morgan fingerprint density at radius 3 is 1.56 bits per heavy atom. The molecule has 6 aromatic carbocycles. The number of carbonyl (C=O) groups excluding carboxylic acids is 2. The Labute approximate surface area is 530 Å². The molecule has 2 atom stereocenters. The number of rotatable bonds is 23. The molecule has 15 nitrogen and oxygen atoms in total. The minimum Gasteiger partial charge on any atom is -0.494 e. The quantitative estimate of drug-likeness (QED) is 0.0449. The summed E-state index contributed by atoms with van der Waals surface area (Å²) in [6, 6.07) is 49.4. The topological polar surface area (TPSA) is 156 Å². The monoisotopic (exact) mass is 1210 g/mol. The molecule has 8 aromatic rings. The molecule has 89 heavy (non-hydrogen) atoms. The van der Waals surface area contributed by atoms with Crippen LogP contribution in [-0.2, 0) is 35.3 Å². The van der Waals surface area contributed by atoms with Gasteiger partial charge in [0.25, 0.3) is 0 Å². The normalized spacial score (nSPS) is 16.5. The number of ether oxygens (including phenoxy) is 1. The summed E-state index contributed by atoms with van der Waals surface area (Å²) in [6.07, 6.45) is 10.9. The number of fused-ring (bicyclic) bond motifs is 6. The molecule has 2 saturated heterocycles. The van der Waals surface area contributed by atoms with Crippen molar-refractivity contribution >= 4 is 46.7 Å². The molecule has 2 unspecified atom stereocenters. The number of hydrogen-bond donors (Lipinski definition) is 4. The third-order valence-corrected chi connectivity index (χ3v) is 17.9. The van der Waals surface area contributed by atoms with E-state index in [-0.39, 0.29) is 23.7 Å². The third kappa shape index (κ3) is 17.0. The van der Waals surface area contributed by atoms with Crippen molar-refractivity contribution in [2.75, 3.05) is 121 Å². The van der Waals surface area contributed by atoms with Crippen LogP contribution in [-0.4, -0.2) is 151 Å². The summed E-state index contributed by atoms with van der Waals surface area (Å²) >= 11 is 6.08. The van der Waals surface area contributed by atoms with Gasteiger partial charge in [0.05, 0.1) is 18.0 Å². The highest BCUT2D eigenvalue weighted by Gasteiger charge is 2.30. The molecule has 2 amide bonds. The van der Waals surface area contributed by atoms with E-state index in [0.717, 1.165) is 178 Å². The van der Waals surface area contributed by atoms with Gasteiger partial charge in [-0.25, -0.2) is 19.9 Å². The number of nitrogens with one attached hydrogen (secondary N) is 4. The van der Waals surface area contributed by atoms with Crippen LogP contribution in [0.4, 0.5) is 23.3 Å². The SMILES string of the molecule is CCOc1ccccc1CCC(=O)Nc1ccc(C2Cc3cnc(NCCCN4CCN(C)CC4)nc3-c3ccccc32)cc1.CN1CCN(CCCNc2ncc3c(n2)-c2ccccc2C(c2ccc(NC(=O)CCCc4cccc(Cl)c4)cc2)C3)CC1. The average Bonchev–Trinajstić information content (AvgIpc) is 1.25. The fourth-order valence-electron chi connectivity index (χ4n) is 12.6. The lowest BCUT2D eigenvalue weighted by atomic mass is 9.78. The number of aryl methyl sites for hydroxylation is 2. The van der Waals surface area contributed by atoms with Crippen molar-refractivity contribution in [2.24, 2.45) is 0 Å². The van der Waals surface area contributed by atoms with E-state index in [1.807, 2.05) is 92.1 Å². The first-order chi connectivity index (χ1) is 43.6. The predicted octanol–water partition coefficient (Wildman–Crippen LogP) is 12.3. The number of likely N-dealkylation sites (N-methyl/N-ethyl adjacent to an activating group) is 2. The fraction of sp³-hybridized carbons (Fsp3) is 0.370. The number of aromatic nitrogens is 4. The van der Waals surface area contributed by atoms with Crippen LogP contribution in [0, 0.1) is 0 Å². The van der Waals surface area contributed by atoms with E-state index >= 15 is 0 Å². The van der Waals surface area contributed by atoms with Crippen LogP contribution in [0.25, 0.3) is 22.5 Å². The maximum Gasteiger partial charge on any atom is 0.224 e. The Bertz CT molecular complexity index is 3630. The number of carbonyl (C=O) groups is 2. The number of nitrogens with zero attached hydrogens (tertiary/aromatic N) is 8. The zero-order valence-corrected chi connectivity index (χ0v) is 52.7. The second-order valence-corrected chi connectivity index (χ2v) is 24.5. The van der Waals surface area contributed by atoms with Crippen LogP contribution in [0.3, 0.4) is 0 Å². The first kappa shape index (κ1) is 62.6. The molecule has 2 aliphatic carbocycles. The molecule has 2 fully saturated rings. The third-order valence-electron chi connectivity index (χ3n) is 17.7. The van der Waals surface area contributed by atoms with E-state index in [0.29, 0.717) is 37.8 Å². The van der Waals surface area contributed by atoms with Gasteiger partial charge < -0.3 is 45.6 Å². The maximum atomic E-state index is 12.8. The van der Waals surface area contributed by atoms with Crippen LogP contribution < -0.4 is 26.0 Å². The Kier molecular flexibility index (Phi) is 21.7. The number of anilines is 4. The number of para-hydroxylation sites is 1. The van der Waals surface area contributed by atoms with E-state index in [9.17, 15) is 9.59 Å². The summed E-state index contributed by atoms with van der Waals surface area (Å²) in [7, 11) is 4.38. The second-order valence-electron chi connectivity index (χ2n) is 24.0. The Balaban J connectivity index is 0.000000184. The van der Waals surface area contributed by atoms with Gasteiger partial charge in [-0.05, 0) is 166 Å². The maximum absolute atomic E-state index is 12.8. The molecule has 4 heterocycles. The Morgan fingerprint density at radius 2 is 1.04 bits per heavy atom. The van der Waals surface area contributed by atoms with E-state index in [1.54, 1.807) is 0 Å². The highest BCUT2D eigenvalue weighted by atomic mass is 35.5. The summed E-state index contributed by atoms with van der Waals surface area (Å²) in [6.45, 7) is 15.7. The van der Waals surface area contributed by atoms with Crippen molar-refractivity contribution in [3.8, 4) is 28.3 Å². The molecular weight excluding hydrogens is 1130 g/mol. The molecule has 462 valence electrons. The van der Waals surface area contributed by atoms with Gasteiger partial charge in [-0.15, -0.1) is 0 Å². The van der Waals surface area contributed by atoms with Crippen LogP contribution in [0.15, 0.2) is 158 Å². The summed E-state index contributed by atoms with van der Waals surface area (Å²) in [5.41, 5.74) is 15.5. The Morgan fingerprint density at radius 1 is 0.551 bits per heavy atom. The number of hydrogen-bond acceptors (Lipinski definition) is 13.